The maximum absolute atomic E-state index is 11.7. The Morgan fingerprint density at radius 2 is 2.16 bits per heavy atom. The van der Waals surface area contributed by atoms with Gasteiger partial charge in [-0.3, -0.25) is 4.79 Å². The topological polar surface area (TPSA) is 107 Å². The monoisotopic (exact) mass is 353 g/mol. The molecule has 6 nitrogen and oxygen atoms in total. The number of nitrogens with two attached hydrogens (primary N) is 2. The second-order valence-electron chi connectivity index (χ2n) is 6.26. The molecule has 0 radical (unpaired) electrons. The van der Waals surface area contributed by atoms with Crippen molar-refractivity contribution in [3.8, 4) is 11.3 Å². The molecule has 0 spiro atoms. The molecule has 2 heterocycles. The van der Waals surface area contributed by atoms with Crippen molar-refractivity contribution < 1.29 is 4.79 Å². The van der Waals surface area contributed by atoms with Gasteiger partial charge < -0.3 is 16.8 Å². The third-order valence-electron chi connectivity index (χ3n) is 4.33. The van der Waals surface area contributed by atoms with E-state index < -0.39 is 5.91 Å². The van der Waals surface area contributed by atoms with Crippen LogP contribution in [0.1, 0.15) is 35.0 Å². The number of aromatic nitrogens is 2. The second kappa shape index (κ2) is 6.00. The Hall–Kier alpha value is -2.67. The molecule has 1 aromatic carbocycles. The summed E-state index contributed by atoms with van der Waals surface area (Å²) in [5.74, 6) is 0.0367. The van der Waals surface area contributed by atoms with Crippen molar-refractivity contribution >= 4 is 39.1 Å². The third-order valence-corrected chi connectivity index (χ3v) is 5.45. The van der Waals surface area contributed by atoms with E-state index in [0.717, 1.165) is 30.5 Å². The van der Waals surface area contributed by atoms with Crippen molar-refractivity contribution in [3.63, 3.8) is 0 Å². The highest BCUT2D eigenvalue weighted by atomic mass is 32.1. The van der Waals surface area contributed by atoms with Gasteiger partial charge in [-0.25, -0.2) is 9.97 Å². The van der Waals surface area contributed by atoms with Gasteiger partial charge in [0.05, 0.1) is 16.8 Å². The van der Waals surface area contributed by atoms with E-state index in [1.807, 2.05) is 12.1 Å². The first kappa shape index (κ1) is 15.8. The molecular weight excluding hydrogens is 334 g/mol. The lowest BCUT2D eigenvalue weighted by Crippen LogP contribution is -2.10. The van der Waals surface area contributed by atoms with E-state index in [-0.39, 0.29) is 0 Å². The molecule has 1 saturated carbocycles. The number of nitrogens with zero attached hydrogens (tertiary/aromatic N) is 2. The van der Waals surface area contributed by atoms with Crippen LogP contribution in [0.3, 0.4) is 0 Å². The number of fused-ring (bicyclic) bond motifs is 1. The lowest BCUT2D eigenvalue weighted by Gasteiger charge is -2.09. The predicted octanol–water partition coefficient (Wildman–Crippen LogP) is 3.18. The Morgan fingerprint density at radius 1 is 1.36 bits per heavy atom. The summed E-state index contributed by atoms with van der Waals surface area (Å²) in [7, 11) is 0. The van der Waals surface area contributed by atoms with Crippen molar-refractivity contribution in [2.75, 3.05) is 11.1 Å². The molecule has 1 amide bonds. The molecule has 2 aromatic heterocycles. The van der Waals surface area contributed by atoms with Crippen LogP contribution in [0.25, 0.3) is 21.5 Å². The number of nitrogen functional groups attached to an aromatic ring is 1. The van der Waals surface area contributed by atoms with Gasteiger partial charge in [0.25, 0.3) is 5.91 Å². The van der Waals surface area contributed by atoms with E-state index in [2.05, 4.69) is 29.4 Å². The molecule has 3 aromatic rings. The summed E-state index contributed by atoms with van der Waals surface area (Å²) in [6.45, 7) is 2.11. The molecule has 0 bridgehead atoms. The lowest BCUT2D eigenvalue weighted by atomic mass is 10.0. The van der Waals surface area contributed by atoms with E-state index in [1.165, 1.54) is 16.9 Å². The fraction of sp³-hybridized carbons (Fsp3) is 0.278. The number of rotatable bonds is 5. The fourth-order valence-corrected chi connectivity index (χ4v) is 3.77. The quantitative estimate of drug-likeness (QED) is 0.653. The van der Waals surface area contributed by atoms with Gasteiger partial charge in [-0.15, -0.1) is 11.3 Å². The normalized spacial score (nSPS) is 14.0. The van der Waals surface area contributed by atoms with Crippen molar-refractivity contribution in [2.24, 2.45) is 5.73 Å². The van der Waals surface area contributed by atoms with Crippen molar-refractivity contribution in [1.82, 2.24) is 9.97 Å². The second-order valence-corrected chi connectivity index (χ2v) is 7.26. The van der Waals surface area contributed by atoms with Gasteiger partial charge in [-0.1, -0.05) is 25.1 Å². The average Bonchev–Trinajstić information content (AvgIpc) is 3.36. The Morgan fingerprint density at radius 3 is 2.84 bits per heavy atom. The molecule has 7 heteroatoms. The minimum atomic E-state index is -0.537. The lowest BCUT2D eigenvalue weighted by molar-refractivity contribution is 0.100. The Kier molecular flexibility index (Phi) is 3.80. The molecule has 128 valence electrons. The zero-order valence-corrected chi connectivity index (χ0v) is 14.7. The number of primary amides is 1. The third kappa shape index (κ3) is 2.91. The maximum atomic E-state index is 11.7. The van der Waals surface area contributed by atoms with Crippen molar-refractivity contribution in [1.29, 1.82) is 0 Å². The van der Waals surface area contributed by atoms with Gasteiger partial charge in [-0.2, -0.15) is 0 Å². The summed E-state index contributed by atoms with van der Waals surface area (Å²) < 4.78 is 0. The number of carbonyl (C=O) groups excluding carboxylic acids is 1. The highest BCUT2D eigenvalue weighted by Crippen LogP contribution is 2.39. The number of nitrogens with one attached hydrogen (secondary N) is 1. The van der Waals surface area contributed by atoms with Gasteiger partial charge in [0.15, 0.2) is 0 Å². The Balaban J connectivity index is 1.96. The fourth-order valence-electron chi connectivity index (χ4n) is 2.83. The largest absolute Gasteiger partial charge is 0.397 e. The maximum Gasteiger partial charge on any atom is 0.260 e. The van der Waals surface area contributed by atoms with Crippen LogP contribution in [0.4, 0.5) is 11.6 Å². The molecule has 0 atom stereocenters. The van der Waals surface area contributed by atoms with E-state index in [0.29, 0.717) is 32.8 Å². The van der Waals surface area contributed by atoms with E-state index in [4.69, 9.17) is 16.5 Å². The number of benzene rings is 1. The number of anilines is 2. The minimum absolute atomic E-state index is 0.334. The summed E-state index contributed by atoms with van der Waals surface area (Å²) in [4.78, 5) is 22.0. The highest BCUT2D eigenvalue weighted by molar-refractivity contribution is 7.21. The molecule has 0 saturated heterocycles. The van der Waals surface area contributed by atoms with Gasteiger partial charge in [0, 0.05) is 11.6 Å². The summed E-state index contributed by atoms with van der Waals surface area (Å²) in [5.41, 5.74) is 15.0. The van der Waals surface area contributed by atoms with Crippen LogP contribution in [-0.2, 0) is 6.42 Å². The first-order valence-corrected chi connectivity index (χ1v) is 9.14. The molecule has 25 heavy (non-hydrogen) atoms. The molecule has 5 N–H and O–H groups in total. The van der Waals surface area contributed by atoms with Crippen LogP contribution >= 0.6 is 11.3 Å². The van der Waals surface area contributed by atoms with Crippen LogP contribution in [0.5, 0.6) is 0 Å². The van der Waals surface area contributed by atoms with E-state index >= 15 is 0 Å². The van der Waals surface area contributed by atoms with Crippen LogP contribution in [0.2, 0.25) is 0 Å². The molecular formula is C18H19N5OS. The van der Waals surface area contributed by atoms with Gasteiger partial charge in [0.2, 0.25) is 5.95 Å². The summed E-state index contributed by atoms with van der Waals surface area (Å²) in [5, 5.41) is 4.03. The summed E-state index contributed by atoms with van der Waals surface area (Å²) in [6.07, 6.45) is 3.18. The number of amides is 1. The number of carbonyl (C=O) groups is 1. The van der Waals surface area contributed by atoms with Crippen LogP contribution in [0.15, 0.2) is 24.3 Å². The van der Waals surface area contributed by atoms with E-state index in [1.54, 1.807) is 0 Å². The SMILES string of the molecule is CCc1cccc(-c2nc(NC3CC3)nc3sc(C(N)=O)c(N)c23)c1. The zero-order chi connectivity index (χ0) is 17.6. The van der Waals surface area contributed by atoms with E-state index in [9.17, 15) is 4.79 Å². The van der Waals surface area contributed by atoms with Gasteiger partial charge >= 0.3 is 0 Å². The first-order chi connectivity index (χ1) is 12.1. The smallest absolute Gasteiger partial charge is 0.260 e. The summed E-state index contributed by atoms with van der Waals surface area (Å²) >= 11 is 1.22. The molecule has 0 unspecified atom stereocenters. The number of hydrogen-bond acceptors (Lipinski definition) is 6. The van der Waals surface area contributed by atoms with Crippen LogP contribution in [-0.4, -0.2) is 21.9 Å². The first-order valence-electron chi connectivity index (χ1n) is 8.32. The zero-order valence-electron chi connectivity index (χ0n) is 13.9. The molecule has 1 fully saturated rings. The van der Waals surface area contributed by atoms with Crippen LogP contribution in [0, 0.1) is 0 Å². The number of thiophene rings is 1. The Bertz CT molecular complexity index is 977. The molecule has 0 aliphatic heterocycles. The number of hydrogen-bond donors (Lipinski definition) is 3. The average molecular weight is 353 g/mol. The molecule has 4 rings (SSSR count). The van der Waals surface area contributed by atoms with Crippen LogP contribution < -0.4 is 16.8 Å². The minimum Gasteiger partial charge on any atom is -0.397 e. The van der Waals surface area contributed by atoms with Gasteiger partial charge in [-0.05, 0) is 30.9 Å². The predicted molar refractivity (Wildman–Crippen MR) is 102 cm³/mol. The summed E-state index contributed by atoms with van der Waals surface area (Å²) in [6, 6.07) is 8.62. The Labute approximate surface area is 149 Å². The number of aryl methyl sites for hydroxylation is 1. The van der Waals surface area contributed by atoms with Crippen molar-refractivity contribution in [3.05, 3.63) is 34.7 Å². The standard InChI is InChI=1S/C18H19N5OS/c1-2-9-4-3-5-10(8-9)14-12-13(19)15(16(20)24)25-17(12)23-18(22-14)21-11-6-7-11/h3-5,8,11H,2,6-7,19H2,1H3,(H2,20,24)(H,21,22,23). The van der Waals surface area contributed by atoms with Gasteiger partial charge in [0.1, 0.15) is 9.71 Å². The highest BCUT2D eigenvalue weighted by Gasteiger charge is 2.25. The van der Waals surface area contributed by atoms with Crippen molar-refractivity contribution in [2.45, 2.75) is 32.2 Å². The molecule has 1 aliphatic carbocycles. The molecule has 1 aliphatic rings.